The monoisotopic (exact) mass is 775 g/mol. The van der Waals surface area contributed by atoms with Crippen molar-refractivity contribution in [3.8, 4) is 43.8 Å². The molecule has 5 aromatic rings. The van der Waals surface area contributed by atoms with Gasteiger partial charge >= 0.3 is 0 Å². The largest absolute Gasteiger partial charge is 0.339 e. The number of hydrogen-bond acceptors (Lipinski definition) is 8. The highest BCUT2D eigenvalue weighted by Gasteiger charge is 2.22. The number of aryl methyl sites for hydroxylation is 3. The van der Waals surface area contributed by atoms with E-state index in [2.05, 4.69) is 49.6 Å². The van der Waals surface area contributed by atoms with Gasteiger partial charge in [0.15, 0.2) is 0 Å². The molecule has 0 aliphatic rings. The summed E-state index contributed by atoms with van der Waals surface area (Å²) in [4.78, 5) is 6.96. The van der Waals surface area contributed by atoms with E-state index in [1.165, 1.54) is 122 Å². The summed E-state index contributed by atoms with van der Waals surface area (Å²) in [5, 5.41) is 37.9. The maximum absolute atomic E-state index is 9.48. The van der Waals surface area contributed by atoms with Crippen molar-refractivity contribution in [3.63, 3.8) is 0 Å². The third-order valence-electron chi connectivity index (χ3n) is 9.71. The van der Waals surface area contributed by atoms with Gasteiger partial charge in [0.05, 0.1) is 20.4 Å². The average molecular weight is 776 g/mol. The Morgan fingerprint density at radius 1 is 0.528 bits per heavy atom. The van der Waals surface area contributed by atoms with Crippen LogP contribution in [0.1, 0.15) is 132 Å². The lowest BCUT2D eigenvalue weighted by molar-refractivity contribution is 0.571. The Kier molecular flexibility index (Phi) is 15.5. The summed E-state index contributed by atoms with van der Waals surface area (Å²) in [6.07, 6.45) is 22.4. The van der Waals surface area contributed by atoms with E-state index in [1.54, 1.807) is 34.8 Å². The summed E-state index contributed by atoms with van der Waals surface area (Å²) in [5.41, 5.74) is 5.49. The summed E-state index contributed by atoms with van der Waals surface area (Å²) in [5.74, 6) is 0. The molecule has 0 aliphatic carbocycles. The highest BCUT2D eigenvalue weighted by atomic mass is 32.1. The van der Waals surface area contributed by atoms with E-state index in [0.29, 0.717) is 0 Å². The fraction of sp³-hybridized carbons (Fsp3) is 0.455. The minimum absolute atomic E-state index is 0.137. The van der Waals surface area contributed by atoms with Gasteiger partial charge in [0.25, 0.3) is 0 Å². The fourth-order valence-corrected chi connectivity index (χ4v) is 12.0. The molecule has 0 saturated heterocycles. The van der Waals surface area contributed by atoms with Crippen LogP contribution in [0.2, 0.25) is 0 Å². The highest BCUT2D eigenvalue weighted by molar-refractivity contribution is 7.32. The first-order valence-corrected chi connectivity index (χ1v) is 22.6. The van der Waals surface area contributed by atoms with Gasteiger partial charge in [0, 0.05) is 35.8 Å². The van der Waals surface area contributed by atoms with E-state index in [9.17, 15) is 21.0 Å². The van der Waals surface area contributed by atoms with Crippen molar-refractivity contribution in [2.24, 2.45) is 0 Å². The maximum Gasteiger partial charge on any atom is 0.131 e. The number of hydrogen-bond donors (Lipinski definition) is 0. The first-order valence-electron chi connectivity index (χ1n) is 19.3. The normalized spacial score (nSPS) is 11.0. The Hall–Kier alpha value is -3.96. The molecule has 5 nitrogen and oxygen atoms in total. The SMILES string of the molecule is CCCCCCCCn1c2cc(-c3sc(C=C(C#N)C#N)cc3CCCCCC)sc2c2sc(-c3sc(C=C(C#N)C#N)cc3CCCCCC)cc21. The van der Waals surface area contributed by atoms with Crippen molar-refractivity contribution in [2.75, 3.05) is 0 Å². The van der Waals surface area contributed by atoms with Crippen LogP contribution in [0.4, 0.5) is 0 Å². The lowest BCUT2D eigenvalue weighted by Gasteiger charge is -2.07. The van der Waals surface area contributed by atoms with Gasteiger partial charge in [-0.1, -0.05) is 91.4 Å². The zero-order valence-corrected chi connectivity index (χ0v) is 34.6. The van der Waals surface area contributed by atoms with Crippen molar-refractivity contribution in [1.82, 2.24) is 4.57 Å². The molecule has 0 saturated carbocycles. The average Bonchev–Trinajstić information content (AvgIpc) is 4.00. The van der Waals surface area contributed by atoms with Crippen molar-refractivity contribution in [2.45, 2.75) is 130 Å². The summed E-state index contributed by atoms with van der Waals surface area (Å²) in [6.45, 7) is 7.71. The molecule has 0 unspecified atom stereocenters. The Balaban J connectivity index is 1.61. The molecule has 0 radical (unpaired) electrons. The second-order valence-corrected chi connectivity index (χ2v) is 18.0. The number of fused-ring (bicyclic) bond motifs is 3. The van der Waals surface area contributed by atoms with E-state index >= 15 is 0 Å². The van der Waals surface area contributed by atoms with Crippen molar-refractivity contribution in [1.29, 1.82) is 21.0 Å². The summed E-state index contributed by atoms with van der Waals surface area (Å²) < 4.78 is 5.21. The number of thiophene rings is 4. The van der Waals surface area contributed by atoms with Crippen molar-refractivity contribution >= 4 is 77.9 Å². The van der Waals surface area contributed by atoms with E-state index in [0.717, 1.165) is 48.4 Å². The van der Waals surface area contributed by atoms with Crippen LogP contribution >= 0.6 is 45.3 Å². The zero-order valence-electron chi connectivity index (χ0n) is 31.4. The molecule has 0 N–H and O–H groups in total. The molecule has 0 fully saturated rings. The number of nitriles is 4. The quantitative estimate of drug-likeness (QED) is 0.0547. The molecule has 0 bridgehead atoms. The van der Waals surface area contributed by atoms with Crippen LogP contribution in [0.15, 0.2) is 35.4 Å². The summed E-state index contributed by atoms with van der Waals surface area (Å²) >= 11 is 7.14. The minimum Gasteiger partial charge on any atom is -0.339 e. The number of aromatic nitrogens is 1. The molecule has 9 heteroatoms. The van der Waals surface area contributed by atoms with Crippen LogP contribution in [0.25, 0.3) is 52.1 Å². The molecule has 274 valence electrons. The molecule has 0 atom stereocenters. The van der Waals surface area contributed by atoms with Crippen LogP contribution in [0, 0.1) is 45.3 Å². The van der Waals surface area contributed by atoms with E-state index in [1.807, 2.05) is 47.0 Å². The fourth-order valence-electron chi connectivity index (χ4n) is 6.91. The van der Waals surface area contributed by atoms with Crippen LogP contribution < -0.4 is 0 Å². The molecule has 0 aromatic carbocycles. The van der Waals surface area contributed by atoms with Crippen LogP contribution in [-0.2, 0) is 19.4 Å². The number of nitrogens with zero attached hydrogens (tertiary/aromatic N) is 5. The zero-order chi connectivity index (χ0) is 37.6. The lowest BCUT2D eigenvalue weighted by Crippen LogP contribution is -1.97. The molecule has 0 aliphatic heterocycles. The van der Waals surface area contributed by atoms with Gasteiger partial charge < -0.3 is 4.57 Å². The molecule has 5 aromatic heterocycles. The molecule has 0 spiro atoms. The first kappa shape index (κ1) is 40.2. The highest BCUT2D eigenvalue weighted by Crippen LogP contribution is 2.49. The van der Waals surface area contributed by atoms with E-state index < -0.39 is 0 Å². The van der Waals surface area contributed by atoms with Gasteiger partial charge in [0.2, 0.25) is 0 Å². The van der Waals surface area contributed by atoms with Gasteiger partial charge in [-0.2, -0.15) is 21.0 Å². The summed E-state index contributed by atoms with van der Waals surface area (Å²) in [6, 6.07) is 17.3. The van der Waals surface area contributed by atoms with Crippen LogP contribution in [0.5, 0.6) is 0 Å². The molecule has 5 rings (SSSR count). The Bertz CT molecular complexity index is 2040. The predicted octanol–water partition coefficient (Wildman–Crippen LogP) is 14.8. The van der Waals surface area contributed by atoms with E-state index in [4.69, 9.17) is 0 Å². The second kappa shape index (κ2) is 20.5. The molecule has 0 amide bonds. The predicted molar refractivity (Wildman–Crippen MR) is 229 cm³/mol. The molecular formula is C44H49N5S4. The Labute approximate surface area is 331 Å². The Morgan fingerprint density at radius 3 is 1.34 bits per heavy atom. The third kappa shape index (κ3) is 10.2. The smallest absolute Gasteiger partial charge is 0.131 e. The standard InChI is InChI=1S/C44H49N5S4/c1-4-7-10-13-14-17-20-49-37-25-39(41-33(18-15-11-8-5-2)23-35(50-41)21-31(27-45)28-46)52-43(37)44-38(49)26-40(53-44)42-34(19-16-12-9-6-3)24-36(51-42)22-32(29-47)30-48/h21-26H,4-20H2,1-3H3. The van der Waals surface area contributed by atoms with Gasteiger partial charge in [-0.15, -0.1) is 45.3 Å². The number of rotatable bonds is 21. The maximum atomic E-state index is 9.48. The van der Waals surface area contributed by atoms with E-state index in [-0.39, 0.29) is 11.1 Å². The number of unbranched alkanes of at least 4 members (excludes halogenated alkanes) is 11. The first-order chi connectivity index (χ1) is 26.0. The van der Waals surface area contributed by atoms with Crippen molar-refractivity contribution < 1.29 is 0 Å². The third-order valence-corrected chi connectivity index (χ3v) is 14.7. The topological polar surface area (TPSA) is 100 Å². The van der Waals surface area contributed by atoms with Crippen LogP contribution in [-0.4, -0.2) is 4.57 Å². The van der Waals surface area contributed by atoms with Gasteiger partial charge in [-0.3, -0.25) is 0 Å². The second-order valence-electron chi connectivity index (χ2n) is 13.8. The van der Waals surface area contributed by atoms with Crippen molar-refractivity contribution in [3.05, 3.63) is 56.3 Å². The van der Waals surface area contributed by atoms with Gasteiger partial charge in [-0.25, -0.2) is 0 Å². The van der Waals surface area contributed by atoms with Gasteiger partial charge in [-0.05, 0) is 79.6 Å². The Morgan fingerprint density at radius 2 is 0.925 bits per heavy atom. The lowest BCUT2D eigenvalue weighted by atomic mass is 10.1. The van der Waals surface area contributed by atoms with Gasteiger partial charge in [0.1, 0.15) is 35.4 Å². The number of allylic oxidation sites excluding steroid dienone is 2. The summed E-state index contributed by atoms with van der Waals surface area (Å²) in [7, 11) is 0. The van der Waals surface area contributed by atoms with Crippen LogP contribution in [0.3, 0.4) is 0 Å². The molecule has 5 heterocycles. The minimum atomic E-state index is 0.137. The molecule has 53 heavy (non-hydrogen) atoms. The molecular weight excluding hydrogens is 727 g/mol.